The minimum atomic E-state index is -1.54. The molecule has 1 fully saturated rings. The number of fused-ring (bicyclic) bond motifs is 1. The highest BCUT2D eigenvalue weighted by molar-refractivity contribution is 6.73. The molecule has 0 aromatic heterocycles. The molecule has 3 heteroatoms. The summed E-state index contributed by atoms with van der Waals surface area (Å²) in [6, 6.07) is 3.71. The van der Waals surface area contributed by atoms with Gasteiger partial charge in [0.1, 0.15) is 6.29 Å². The van der Waals surface area contributed by atoms with Crippen molar-refractivity contribution < 1.29 is 9.22 Å². The zero-order valence-electron chi connectivity index (χ0n) is 15.9. The molecule has 132 valence electrons. The highest BCUT2D eigenvalue weighted by atomic mass is 28.4. The van der Waals surface area contributed by atoms with Gasteiger partial charge in [-0.1, -0.05) is 52.7 Å². The van der Waals surface area contributed by atoms with Gasteiger partial charge in [-0.3, -0.25) is 0 Å². The van der Waals surface area contributed by atoms with Crippen LogP contribution in [0, 0.1) is 17.3 Å². The lowest BCUT2D eigenvalue weighted by atomic mass is 9.63. The second-order valence-corrected chi connectivity index (χ2v) is 12.7. The van der Waals surface area contributed by atoms with Crippen LogP contribution in [-0.4, -0.2) is 20.7 Å². The lowest BCUT2D eigenvalue weighted by molar-refractivity contribution is -0.108. The van der Waals surface area contributed by atoms with Crippen molar-refractivity contribution in [3.05, 3.63) is 11.6 Å². The van der Waals surface area contributed by atoms with Crippen molar-refractivity contribution in [1.29, 1.82) is 0 Å². The van der Waals surface area contributed by atoms with Crippen molar-refractivity contribution >= 4 is 14.6 Å². The van der Waals surface area contributed by atoms with E-state index in [9.17, 15) is 4.79 Å². The number of hydrogen-bond donors (Lipinski definition) is 0. The van der Waals surface area contributed by atoms with Gasteiger partial charge < -0.3 is 9.22 Å². The summed E-state index contributed by atoms with van der Waals surface area (Å²) in [5, 5.41) is 0. The topological polar surface area (TPSA) is 26.3 Å². The molecule has 2 aliphatic carbocycles. The van der Waals surface area contributed by atoms with E-state index in [1.807, 2.05) is 0 Å². The van der Waals surface area contributed by atoms with Gasteiger partial charge in [-0.25, -0.2) is 0 Å². The van der Waals surface area contributed by atoms with E-state index in [2.05, 4.69) is 40.7 Å². The average Bonchev–Trinajstić information content (AvgIpc) is 2.91. The van der Waals surface area contributed by atoms with Crippen molar-refractivity contribution in [2.24, 2.45) is 17.3 Å². The van der Waals surface area contributed by atoms with Crippen LogP contribution >= 0.6 is 0 Å². The maximum absolute atomic E-state index is 11.0. The molecular weight excluding hydrogens is 300 g/mol. The molecule has 23 heavy (non-hydrogen) atoms. The molecule has 0 aliphatic heterocycles. The molecule has 2 nitrogen and oxygen atoms in total. The summed E-state index contributed by atoms with van der Waals surface area (Å²) in [6.45, 7) is 11.6. The van der Waals surface area contributed by atoms with E-state index >= 15 is 0 Å². The van der Waals surface area contributed by atoms with Crippen LogP contribution in [0.5, 0.6) is 0 Å². The molecule has 0 spiro atoms. The fourth-order valence-electron chi connectivity index (χ4n) is 5.22. The van der Waals surface area contributed by atoms with Crippen molar-refractivity contribution in [2.75, 3.05) is 0 Å². The Hall–Kier alpha value is -0.413. The molecule has 4 atom stereocenters. The summed E-state index contributed by atoms with van der Waals surface area (Å²) < 4.78 is 6.93. The third-order valence-corrected chi connectivity index (χ3v) is 11.7. The lowest BCUT2D eigenvalue weighted by Crippen LogP contribution is -2.48. The Labute approximate surface area is 144 Å². The second-order valence-electron chi connectivity index (χ2n) is 8.01. The highest BCUT2D eigenvalue weighted by Gasteiger charge is 2.50. The fourth-order valence-corrected chi connectivity index (χ4v) is 8.15. The van der Waals surface area contributed by atoms with E-state index in [1.165, 1.54) is 37.4 Å². The standard InChI is InChI=1S/C20H36O2Si/c1-6-23(7-2,8-3)22-19-10-9-14-20(5)17(11-12-18(19)20)16(4)13-15-21/h11,15-16,18-19H,6-10,12-14H2,1-5H3/t16-,18+,19?,20-/m1/s1. The molecule has 0 N–H and O–H groups in total. The monoisotopic (exact) mass is 336 g/mol. The summed E-state index contributed by atoms with van der Waals surface area (Å²) in [4.78, 5) is 11.0. The van der Waals surface area contributed by atoms with E-state index < -0.39 is 8.32 Å². The molecule has 0 aromatic carbocycles. The van der Waals surface area contributed by atoms with Gasteiger partial charge in [0.15, 0.2) is 8.32 Å². The van der Waals surface area contributed by atoms with Crippen molar-refractivity contribution in [2.45, 2.75) is 91.0 Å². The third-order valence-electron chi connectivity index (χ3n) is 7.02. The summed E-state index contributed by atoms with van der Waals surface area (Å²) in [6.07, 6.45) is 9.57. The summed E-state index contributed by atoms with van der Waals surface area (Å²) in [7, 11) is -1.54. The van der Waals surface area contributed by atoms with Crippen LogP contribution < -0.4 is 0 Å². The van der Waals surface area contributed by atoms with Gasteiger partial charge in [-0.15, -0.1) is 0 Å². The van der Waals surface area contributed by atoms with Gasteiger partial charge in [-0.2, -0.15) is 0 Å². The smallest absolute Gasteiger partial charge is 0.192 e. The van der Waals surface area contributed by atoms with Crippen LogP contribution in [0.2, 0.25) is 18.1 Å². The molecule has 1 unspecified atom stereocenters. The van der Waals surface area contributed by atoms with Gasteiger partial charge in [0.2, 0.25) is 0 Å². The first-order chi connectivity index (χ1) is 11.0. The number of carbonyl (C=O) groups is 1. The quantitative estimate of drug-likeness (QED) is 0.321. The fraction of sp³-hybridized carbons (Fsp3) is 0.850. The molecule has 0 aromatic rings. The van der Waals surface area contributed by atoms with Gasteiger partial charge in [-0.05, 0) is 54.6 Å². The van der Waals surface area contributed by atoms with Crippen LogP contribution in [0.25, 0.3) is 0 Å². The Morgan fingerprint density at radius 3 is 2.57 bits per heavy atom. The first-order valence-corrected chi connectivity index (χ1v) is 12.3. The van der Waals surface area contributed by atoms with Crippen LogP contribution in [0.15, 0.2) is 11.6 Å². The molecule has 0 heterocycles. The molecule has 2 aliphatic rings. The molecule has 0 saturated heterocycles. The Morgan fingerprint density at radius 1 is 1.35 bits per heavy atom. The molecule has 1 saturated carbocycles. The number of allylic oxidation sites excluding steroid dienone is 2. The van der Waals surface area contributed by atoms with E-state index in [0.29, 0.717) is 24.4 Å². The normalized spacial score (nSPS) is 32.3. The number of hydrogen-bond acceptors (Lipinski definition) is 2. The molecular formula is C20H36O2Si. The number of rotatable bonds is 8. The van der Waals surface area contributed by atoms with Crippen LogP contribution in [0.3, 0.4) is 0 Å². The summed E-state index contributed by atoms with van der Waals surface area (Å²) >= 11 is 0. The highest BCUT2D eigenvalue weighted by Crippen LogP contribution is 2.56. The van der Waals surface area contributed by atoms with Crippen LogP contribution in [0.1, 0.15) is 66.7 Å². The molecule has 0 radical (unpaired) electrons. The minimum Gasteiger partial charge on any atom is -0.414 e. The zero-order chi connectivity index (χ0) is 17.1. The first kappa shape index (κ1) is 18.9. The summed E-state index contributed by atoms with van der Waals surface area (Å²) in [5.41, 5.74) is 1.81. The summed E-state index contributed by atoms with van der Waals surface area (Å²) in [5.74, 6) is 1.03. The molecule has 0 amide bonds. The predicted octanol–water partition coefficient (Wildman–Crippen LogP) is 5.74. The Morgan fingerprint density at radius 2 is 2.00 bits per heavy atom. The number of aldehydes is 1. The Balaban J connectivity index is 2.17. The average molecular weight is 337 g/mol. The van der Waals surface area contributed by atoms with Gasteiger partial charge in [0.05, 0.1) is 0 Å². The lowest BCUT2D eigenvalue weighted by Gasteiger charge is -2.47. The van der Waals surface area contributed by atoms with E-state index in [1.54, 1.807) is 5.57 Å². The maximum atomic E-state index is 11.0. The third kappa shape index (κ3) is 3.51. The number of carbonyl (C=O) groups excluding carboxylic acids is 1. The SMILES string of the molecule is CC[Si](CC)(CC)OC1CCC[C@]2(C)C([C@H](C)CC=O)=CC[C@@H]12. The van der Waals surface area contributed by atoms with Crippen LogP contribution in [0.4, 0.5) is 0 Å². The van der Waals surface area contributed by atoms with Gasteiger partial charge >= 0.3 is 0 Å². The van der Waals surface area contributed by atoms with Crippen LogP contribution in [-0.2, 0) is 9.22 Å². The Kier molecular flexibility index (Phi) is 6.29. The maximum Gasteiger partial charge on any atom is 0.192 e. The van der Waals surface area contributed by atoms with E-state index in [4.69, 9.17) is 4.43 Å². The van der Waals surface area contributed by atoms with Crippen molar-refractivity contribution in [3.63, 3.8) is 0 Å². The van der Waals surface area contributed by atoms with Gasteiger partial charge in [0.25, 0.3) is 0 Å². The minimum absolute atomic E-state index is 0.265. The second kappa shape index (κ2) is 7.65. The van der Waals surface area contributed by atoms with Gasteiger partial charge in [0, 0.05) is 12.5 Å². The van der Waals surface area contributed by atoms with E-state index in [0.717, 1.165) is 12.7 Å². The van der Waals surface area contributed by atoms with E-state index in [-0.39, 0.29) is 5.41 Å². The largest absolute Gasteiger partial charge is 0.414 e. The predicted molar refractivity (Wildman–Crippen MR) is 100 cm³/mol. The Bertz CT molecular complexity index is 433. The zero-order valence-corrected chi connectivity index (χ0v) is 16.9. The first-order valence-electron chi connectivity index (χ1n) is 9.78. The van der Waals surface area contributed by atoms with Crippen molar-refractivity contribution in [3.8, 4) is 0 Å². The molecule has 2 rings (SSSR count). The van der Waals surface area contributed by atoms with Crippen molar-refractivity contribution in [1.82, 2.24) is 0 Å². The molecule has 0 bridgehead atoms.